The van der Waals surface area contributed by atoms with E-state index in [2.05, 4.69) is 4.74 Å². The maximum Gasteiger partial charge on any atom is 0.325 e. The van der Waals surface area contributed by atoms with E-state index in [4.69, 9.17) is 4.42 Å². The van der Waals surface area contributed by atoms with E-state index in [1.165, 1.54) is 30.2 Å². The average molecular weight is 317 g/mol. The Morgan fingerprint density at radius 1 is 1.35 bits per heavy atom. The van der Waals surface area contributed by atoms with Gasteiger partial charge in [-0.15, -0.1) is 0 Å². The minimum absolute atomic E-state index is 0.00575. The highest BCUT2D eigenvalue weighted by Crippen LogP contribution is 2.49. The summed E-state index contributed by atoms with van der Waals surface area (Å²) in [6.07, 6.45) is 2.22. The maximum absolute atomic E-state index is 13.5. The number of carbonyl (C=O) groups excluding carboxylic acids is 2. The minimum atomic E-state index is -0.558. The number of nitrogens with zero attached hydrogens (tertiary/aromatic N) is 1. The number of carbonyl (C=O) groups is 2. The van der Waals surface area contributed by atoms with Crippen LogP contribution in [0.5, 0.6) is 0 Å². The van der Waals surface area contributed by atoms with E-state index in [0.29, 0.717) is 12.1 Å². The van der Waals surface area contributed by atoms with Crippen LogP contribution in [0.4, 0.5) is 10.1 Å². The zero-order valence-corrected chi connectivity index (χ0v) is 12.6. The normalized spacial score (nSPS) is 19.2. The smallest absolute Gasteiger partial charge is 0.325 e. The Bertz CT molecular complexity index is 713. The second-order valence-electron chi connectivity index (χ2n) is 5.44. The molecule has 1 aliphatic carbocycles. The van der Waals surface area contributed by atoms with Crippen LogP contribution in [0.25, 0.3) is 0 Å². The molecule has 0 saturated heterocycles. The number of ether oxygens (including phenoxy) is 1. The Balaban J connectivity index is 1.81. The van der Waals surface area contributed by atoms with Gasteiger partial charge in [0.2, 0.25) is 5.91 Å². The standard InChI is InChI=1S/C17H16FNO4/c1-22-16(20)10-19(12-5-2-4-11(18)8-12)17(21)14-9-13(14)15-6-3-7-23-15/h2-8,13-14H,9-10H2,1H3/t13-,14+/m1/s1. The first-order valence-corrected chi connectivity index (χ1v) is 7.27. The molecule has 0 N–H and O–H groups in total. The van der Waals surface area contributed by atoms with E-state index in [-0.39, 0.29) is 24.3 Å². The summed E-state index contributed by atoms with van der Waals surface area (Å²) < 4.78 is 23.4. The molecule has 1 aliphatic rings. The number of furan rings is 1. The Morgan fingerprint density at radius 3 is 2.83 bits per heavy atom. The van der Waals surface area contributed by atoms with Crippen molar-refractivity contribution in [3.63, 3.8) is 0 Å². The Hall–Kier alpha value is -2.63. The first-order valence-electron chi connectivity index (χ1n) is 7.27. The Kier molecular flexibility index (Phi) is 4.14. The third kappa shape index (κ3) is 3.26. The zero-order valence-electron chi connectivity index (χ0n) is 12.6. The van der Waals surface area contributed by atoms with Crippen LogP contribution in [-0.4, -0.2) is 25.5 Å². The second-order valence-corrected chi connectivity index (χ2v) is 5.44. The molecule has 1 heterocycles. The number of amides is 1. The first kappa shape index (κ1) is 15.3. The molecule has 0 spiro atoms. The molecule has 1 fully saturated rings. The fourth-order valence-corrected chi connectivity index (χ4v) is 2.62. The highest BCUT2D eigenvalue weighted by molar-refractivity contribution is 6.00. The molecule has 0 bridgehead atoms. The highest BCUT2D eigenvalue weighted by Gasteiger charge is 2.48. The van der Waals surface area contributed by atoms with Crippen molar-refractivity contribution in [2.45, 2.75) is 12.3 Å². The summed E-state index contributed by atoms with van der Waals surface area (Å²) >= 11 is 0. The fourth-order valence-electron chi connectivity index (χ4n) is 2.62. The summed E-state index contributed by atoms with van der Waals surface area (Å²) in [4.78, 5) is 25.6. The van der Waals surface area contributed by atoms with Gasteiger partial charge in [0.25, 0.3) is 0 Å². The molecular formula is C17H16FNO4. The van der Waals surface area contributed by atoms with Crippen molar-refractivity contribution in [3.05, 3.63) is 54.2 Å². The second kappa shape index (κ2) is 6.24. The molecule has 3 rings (SSSR count). The van der Waals surface area contributed by atoms with Gasteiger partial charge >= 0.3 is 5.97 Å². The van der Waals surface area contributed by atoms with Gasteiger partial charge in [-0.3, -0.25) is 9.59 Å². The topological polar surface area (TPSA) is 59.8 Å². The first-order chi connectivity index (χ1) is 11.1. The minimum Gasteiger partial charge on any atom is -0.469 e. The van der Waals surface area contributed by atoms with Crippen molar-refractivity contribution in [3.8, 4) is 0 Å². The predicted molar refractivity (Wildman–Crippen MR) is 80.3 cm³/mol. The highest BCUT2D eigenvalue weighted by atomic mass is 19.1. The number of benzene rings is 1. The average Bonchev–Trinajstić information content (AvgIpc) is 3.16. The van der Waals surface area contributed by atoms with Gasteiger partial charge in [-0.05, 0) is 36.8 Å². The van der Waals surface area contributed by atoms with Crippen molar-refractivity contribution < 1.29 is 23.1 Å². The number of esters is 1. The molecule has 2 aromatic rings. The molecule has 1 aromatic carbocycles. The molecule has 23 heavy (non-hydrogen) atoms. The van der Waals surface area contributed by atoms with Crippen molar-refractivity contribution in [1.82, 2.24) is 0 Å². The number of rotatable bonds is 5. The molecule has 1 amide bonds. The summed E-state index contributed by atoms with van der Waals surface area (Å²) in [5.74, 6) is -0.773. The van der Waals surface area contributed by atoms with Crippen LogP contribution >= 0.6 is 0 Å². The lowest BCUT2D eigenvalue weighted by Gasteiger charge is -2.21. The molecule has 6 heteroatoms. The lowest BCUT2D eigenvalue weighted by atomic mass is 10.2. The number of halogens is 1. The molecule has 2 atom stereocenters. The third-order valence-electron chi connectivity index (χ3n) is 3.92. The van der Waals surface area contributed by atoms with Crippen LogP contribution in [0.1, 0.15) is 18.1 Å². The maximum atomic E-state index is 13.5. The van der Waals surface area contributed by atoms with Crippen molar-refractivity contribution >= 4 is 17.6 Å². The third-order valence-corrected chi connectivity index (χ3v) is 3.92. The van der Waals surface area contributed by atoms with Gasteiger partial charge in [0.15, 0.2) is 0 Å². The van der Waals surface area contributed by atoms with Gasteiger partial charge in [0, 0.05) is 17.5 Å². The summed E-state index contributed by atoms with van der Waals surface area (Å²) in [6.45, 7) is -0.250. The van der Waals surface area contributed by atoms with E-state index in [1.807, 2.05) is 6.07 Å². The van der Waals surface area contributed by atoms with Gasteiger partial charge in [-0.2, -0.15) is 0 Å². The number of anilines is 1. The molecule has 0 unspecified atom stereocenters. The lowest BCUT2D eigenvalue weighted by Crippen LogP contribution is -2.37. The quantitative estimate of drug-likeness (QED) is 0.796. The van der Waals surface area contributed by atoms with E-state index >= 15 is 0 Å². The van der Waals surface area contributed by atoms with Crippen LogP contribution in [0.2, 0.25) is 0 Å². The number of hydrogen-bond donors (Lipinski definition) is 0. The van der Waals surface area contributed by atoms with Crippen molar-refractivity contribution in [2.24, 2.45) is 5.92 Å². The van der Waals surface area contributed by atoms with E-state index in [9.17, 15) is 14.0 Å². The Labute approximate surface area is 132 Å². The van der Waals surface area contributed by atoms with Gasteiger partial charge in [0.1, 0.15) is 18.1 Å². The van der Waals surface area contributed by atoms with E-state index < -0.39 is 11.8 Å². The van der Waals surface area contributed by atoms with Crippen molar-refractivity contribution in [1.29, 1.82) is 0 Å². The lowest BCUT2D eigenvalue weighted by molar-refractivity contribution is -0.140. The molecule has 0 aliphatic heterocycles. The van der Waals surface area contributed by atoms with Crippen LogP contribution in [0.15, 0.2) is 47.1 Å². The summed E-state index contributed by atoms with van der Waals surface area (Å²) in [7, 11) is 1.25. The van der Waals surface area contributed by atoms with E-state index in [0.717, 1.165) is 5.76 Å². The van der Waals surface area contributed by atoms with Gasteiger partial charge in [-0.25, -0.2) is 4.39 Å². The Morgan fingerprint density at radius 2 is 2.17 bits per heavy atom. The molecule has 1 aromatic heterocycles. The summed E-state index contributed by atoms with van der Waals surface area (Å²) in [6, 6.07) is 9.20. The summed E-state index contributed by atoms with van der Waals surface area (Å²) in [5, 5.41) is 0. The number of methoxy groups -OCH3 is 1. The molecular weight excluding hydrogens is 301 g/mol. The largest absolute Gasteiger partial charge is 0.469 e. The van der Waals surface area contributed by atoms with Gasteiger partial charge in [0.05, 0.1) is 13.4 Å². The molecule has 1 saturated carbocycles. The summed E-state index contributed by atoms with van der Waals surface area (Å²) in [5.41, 5.74) is 0.338. The van der Waals surface area contributed by atoms with Gasteiger partial charge in [-0.1, -0.05) is 6.07 Å². The predicted octanol–water partition coefficient (Wildman–Crippen LogP) is 2.73. The van der Waals surface area contributed by atoms with Crippen molar-refractivity contribution in [2.75, 3.05) is 18.6 Å². The molecule has 120 valence electrons. The monoisotopic (exact) mass is 317 g/mol. The number of hydrogen-bond acceptors (Lipinski definition) is 4. The van der Waals surface area contributed by atoms with Crippen LogP contribution in [0, 0.1) is 11.7 Å². The zero-order chi connectivity index (χ0) is 16.4. The molecule has 5 nitrogen and oxygen atoms in total. The van der Waals surface area contributed by atoms with Crippen LogP contribution in [-0.2, 0) is 14.3 Å². The van der Waals surface area contributed by atoms with Crippen LogP contribution < -0.4 is 4.90 Å². The SMILES string of the molecule is COC(=O)CN(C(=O)[C@H]1C[C@H]1c1ccco1)c1cccc(F)c1. The van der Waals surface area contributed by atoms with E-state index in [1.54, 1.807) is 18.4 Å². The fraction of sp³-hybridized carbons (Fsp3) is 0.294. The van der Waals surface area contributed by atoms with Crippen LogP contribution in [0.3, 0.4) is 0 Å². The molecule has 0 radical (unpaired) electrons. The van der Waals surface area contributed by atoms with Gasteiger partial charge < -0.3 is 14.1 Å².